The van der Waals surface area contributed by atoms with E-state index in [0.29, 0.717) is 0 Å². The number of imide groups is 1. The van der Waals surface area contributed by atoms with E-state index < -0.39 is 34.9 Å². The highest BCUT2D eigenvalue weighted by atomic mass is 16.6. The van der Waals surface area contributed by atoms with Crippen molar-refractivity contribution < 1.29 is 29.0 Å². The number of carboxylic acid groups (broad SMARTS) is 1. The molecule has 0 aliphatic heterocycles. The van der Waals surface area contributed by atoms with Crippen LogP contribution in [-0.4, -0.2) is 55.5 Å². The van der Waals surface area contributed by atoms with Crippen LogP contribution in [-0.2, 0) is 19.8 Å². The molecule has 47 heavy (non-hydrogen) atoms. The number of aromatic nitrogens is 2. The highest BCUT2D eigenvalue weighted by molar-refractivity contribution is 6.14. The molecular weight excluding hydrogens is 594 g/mol. The standard InChI is InChI=1S/C38H43N3O6/c1-36(2,3)46-34(44)41(35(45)47-37(4,5)6)25-17-16-24-31(33(42)43)32-26-40(27-39-32)38(28-18-10-7-11-19-28,29-20-12-8-13-21-29)30-22-14-9-15-23-30/h7-15,18-24,26-27H,16-17,25H2,1-6H3,(H,42,43)/b31-24+. The number of amides is 2. The minimum absolute atomic E-state index is 0.00733. The van der Waals surface area contributed by atoms with Gasteiger partial charge in [-0.15, -0.1) is 0 Å². The van der Waals surface area contributed by atoms with Crippen LogP contribution in [0, 0.1) is 0 Å². The third-order valence-electron chi connectivity index (χ3n) is 7.21. The number of imidazole rings is 1. The van der Waals surface area contributed by atoms with Crippen LogP contribution in [0.1, 0.15) is 76.8 Å². The third kappa shape index (κ3) is 8.55. The van der Waals surface area contributed by atoms with Crippen LogP contribution in [0.4, 0.5) is 9.59 Å². The van der Waals surface area contributed by atoms with Gasteiger partial charge in [0.25, 0.3) is 0 Å². The minimum atomic E-state index is -1.14. The van der Waals surface area contributed by atoms with Gasteiger partial charge in [-0.05, 0) is 71.1 Å². The maximum Gasteiger partial charge on any atom is 0.419 e. The Bertz CT molecular complexity index is 1560. The molecule has 9 nitrogen and oxygen atoms in total. The average molecular weight is 638 g/mol. The van der Waals surface area contributed by atoms with Crippen molar-refractivity contribution in [1.82, 2.24) is 14.5 Å². The summed E-state index contributed by atoms with van der Waals surface area (Å²) in [5.74, 6) is -1.14. The number of hydrogen-bond donors (Lipinski definition) is 1. The van der Waals surface area contributed by atoms with Gasteiger partial charge in [0.2, 0.25) is 0 Å². The van der Waals surface area contributed by atoms with Crippen molar-refractivity contribution in [3.63, 3.8) is 0 Å². The predicted molar refractivity (Wildman–Crippen MR) is 181 cm³/mol. The Morgan fingerprint density at radius 3 is 1.55 bits per heavy atom. The minimum Gasteiger partial charge on any atom is -0.478 e. The van der Waals surface area contributed by atoms with Crippen LogP contribution in [0.3, 0.4) is 0 Å². The van der Waals surface area contributed by atoms with Gasteiger partial charge >= 0.3 is 18.2 Å². The van der Waals surface area contributed by atoms with Crippen LogP contribution in [0.25, 0.3) is 5.57 Å². The van der Waals surface area contributed by atoms with Gasteiger partial charge in [0.1, 0.15) is 16.7 Å². The van der Waals surface area contributed by atoms with E-state index in [1.165, 1.54) is 0 Å². The second-order valence-corrected chi connectivity index (χ2v) is 13.2. The SMILES string of the molecule is CC(C)(C)OC(=O)N(CCC/C=C(/C(=O)O)c1cn(C(c2ccccc2)(c2ccccc2)c2ccccc2)cn1)C(=O)OC(C)(C)C. The van der Waals surface area contributed by atoms with Gasteiger partial charge in [-0.2, -0.15) is 0 Å². The number of carbonyl (C=O) groups excluding carboxylic acids is 2. The van der Waals surface area contributed by atoms with Gasteiger partial charge in [-0.1, -0.05) is 97.1 Å². The van der Waals surface area contributed by atoms with E-state index in [1.54, 1.807) is 60.1 Å². The molecule has 9 heteroatoms. The van der Waals surface area contributed by atoms with Crippen LogP contribution >= 0.6 is 0 Å². The van der Waals surface area contributed by atoms with Crippen LogP contribution in [0.5, 0.6) is 0 Å². The van der Waals surface area contributed by atoms with Crippen LogP contribution < -0.4 is 0 Å². The number of ether oxygens (including phenoxy) is 2. The normalized spacial score (nSPS) is 12.3. The molecule has 0 unspecified atom stereocenters. The maximum absolute atomic E-state index is 12.9. The Balaban J connectivity index is 1.68. The molecular formula is C38H43N3O6. The van der Waals surface area contributed by atoms with Crippen molar-refractivity contribution in [3.05, 3.63) is 132 Å². The summed E-state index contributed by atoms with van der Waals surface area (Å²) in [5.41, 5.74) is 0.737. The Morgan fingerprint density at radius 2 is 1.17 bits per heavy atom. The number of unbranched alkanes of at least 4 members (excludes halogenated alkanes) is 1. The molecule has 0 aliphatic carbocycles. The molecule has 0 bridgehead atoms. The number of carbonyl (C=O) groups is 3. The van der Waals surface area contributed by atoms with Crippen molar-refractivity contribution in [2.45, 2.75) is 71.1 Å². The fourth-order valence-corrected chi connectivity index (χ4v) is 5.32. The first kappa shape index (κ1) is 34.7. The molecule has 0 atom stereocenters. The van der Waals surface area contributed by atoms with Crippen LogP contribution in [0.2, 0.25) is 0 Å². The molecule has 4 aromatic rings. The maximum atomic E-state index is 12.9. The summed E-state index contributed by atoms with van der Waals surface area (Å²) in [6.07, 6.45) is 3.84. The zero-order valence-corrected chi connectivity index (χ0v) is 27.8. The average Bonchev–Trinajstić information content (AvgIpc) is 3.49. The van der Waals surface area contributed by atoms with Crippen molar-refractivity contribution in [2.24, 2.45) is 0 Å². The third-order valence-corrected chi connectivity index (χ3v) is 7.21. The number of nitrogens with zero attached hydrogens (tertiary/aromatic N) is 3. The van der Waals surface area contributed by atoms with Crippen LogP contribution in [0.15, 0.2) is 110 Å². The molecule has 0 saturated carbocycles. The molecule has 246 valence electrons. The summed E-state index contributed by atoms with van der Waals surface area (Å²) in [4.78, 5) is 43.8. The van der Waals surface area contributed by atoms with E-state index in [0.717, 1.165) is 21.6 Å². The lowest BCUT2D eigenvalue weighted by molar-refractivity contribution is -0.130. The van der Waals surface area contributed by atoms with E-state index in [2.05, 4.69) is 41.4 Å². The largest absolute Gasteiger partial charge is 0.478 e. The van der Waals surface area contributed by atoms with Gasteiger partial charge < -0.3 is 19.1 Å². The monoisotopic (exact) mass is 637 g/mol. The van der Waals surface area contributed by atoms with Gasteiger partial charge in [-0.25, -0.2) is 24.3 Å². The zero-order valence-electron chi connectivity index (χ0n) is 27.8. The van der Waals surface area contributed by atoms with Crippen molar-refractivity contribution in [1.29, 1.82) is 0 Å². The highest BCUT2D eigenvalue weighted by Crippen LogP contribution is 2.41. The van der Waals surface area contributed by atoms with E-state index in [1.807, 2.05) is 59.2 Å². The summed E-state index contributed by atoms with van der Waals surface area (Å²) in [5, 5.41) is 10.3. The predicted octanol–water partition coefficient (Wildman–Crippen LogP) is 8.14. The molecule has 0 saturated heterocycles. The van der Waals surface area contributed by atoms with Gasteiger partial charge in [0.15, 0.2) is 0 Å². The van der Waals surface area contributed by atoms with E-state index in [9.17, 15) is 19.5 Å². The van der Waals surface area contributed by atoms with E-state index in [4.69, 9.17) is 9.47 Å². The second kappa shape index (κ2) is 14.5. The molecule has 0 radical (unpaired) electrons. The quantitative estimate of drug-likeness (QED) is 0.106. The van der Waals surface area contributed by atoms with Gasteiger partial charge in [0.05, 0.1) is 17.6 Å². The Labute approximate surface area is 276 Å². The zero-order chi connectivity index (χ0) is 34.2. The molecule has 1 heterocycles. The van der Waals surface area contributed by atoms with Gasteiger partial charge in [-0.3, -0.25) is 0 Å². The molecule has 0 aliphatic rings. The van der Waals surface area contributed by atoms with Crippen molar-refractivity contribution >= 4 is 23.7 Å². The Hall–Kier alpha value is -5.18. The smallest absolute Gasteiger partial charge is 0.419 e. The summed E-state index contributed by atoms with van der Waals surface area (Å²) in [6.45, 7) is 10.2. The number of allylic oxidation sites excluding steroid dienone is 1. The summed E-state index contributed by atoms with van der Waals surface area (Å²) >= 11 is 0. The lowest BCUT2D eigenvalue weighted by atomic mass is 9.77. The van der Waals surface area contributed by atoms with E-state index >= 15 is 0 Å². The highest BCUT2D eigenvalue weighted by Gasteiger charge is 2.38. The van der Waals surface area contributed by atoms with Crippen molar-refractivity contribution in [3.8, 4) is 0 Å². The molecule has 0 fully saturated rings. The first-order chi connectivity index (χ1) is 22.2. The number of rotatable bonds is 10. The first-order valence-corrected chi connectivity index (χ1v) is 15.6. The lowest BCUT2D eigenvalue weighted by Crippen LogP contribution is -2.44. The Morgan fingerprint density at radius 1 is 0.745 bits per heavy atom. The summed E-state index contributed by atoms with van der Waals surface area (Å²) in [6, 6.07) is 30.1. The fraction of sp³-hybridized carbons (Fsp3) is 0.316. The molecule has 2 amide bonds. The molecule has 1 aromatic heterocycles. The second-order valence-electron chi connectivity index (χ2n) is 13.2. The molecule has 3 aromatic carbocycles. The number of aliphatic carboxylic acids is 1. The van der Waals surface area contributed by atoms with Gasteiger partial charge in [0, 0.05) is 12.7 Å². The molecule has 4 rings (SSSR count). The molecule has 0 spiro atoms. The topological polar surface area (TPSA) is 111 Å². The number of benzene rings is 3. The molecule has 1 N–H and O–H groups in total. The number of carboxylic acids is 1. The first-order valence-electron chi connectivity index (χ1n) is 15.6. The number of hydrogen-bond acceptors (Lipinski definition) is 6. The van der Waals surface area contributed by atoms with Crippen molar-refractivity contribution in [2.75, 3.05) is 6.54 Å². The van der Waals surface area contributed by atoms with E-state index in [-0.39, 0.29) is 30.7 Å². The lowest BCUT2D eigenvalue weighted by Gasteiger charge is -2.37. The Kier molecular flexibility index (Phi) is 10.7. The summed E-state index contributed by atoms with van der Waals surface area (Å²) < 4.78 is 12.8. The fourth-order valence-electron chi connectivity index (χ4n) is 5.32. The summed E-state index contributed by atoms with van der Waals surface area (Å²) in [7, 11) is 0.